The van der Waals surface area contributed by atoms with Crippen molar-refractivity contribution in [3.8, 4) is 0 Å². The lowest BCUT2D eigenvalue weighted by molar-refractivity contribution is -0.120. The third-order valence-electron chi connectivity index (χ3n) is 6.54. The summed E-state index contributed by atoms with van der Waals surface area (Å²) in [5, 5.41) is 2.83. The number of fused-ring (bicyclic) bond motifs is 1. The number of carbonyl (C=O) groups excluding carboxylic acids is 3. The molecule has 0 radical (unpaired) electrons. The zero-order valence-electron chi connectivity index (χ0n) is 22.8. The third-order valence-corrected chi connectivity index (χ3v) is 6.54. The van der Waals surface area contributed by atoms with E-state index in [9.17, 15) is 14.4 Å². The second-order valence-corrected chi connectivity index (χ2v) is 12.0. The van der Waals surface area contributed by atoms with Gasteiger partial charge in [0.05, 0.1) is 25.8 Å². The Kier molecular flexibility index (Phi) is 7.93. The van der Waals surface area contributed by atoms with Gasteiger partial charge in [-0.2, -0.15) is 0 Å². The summed E-state index contributed by atoms with van der Waals surface area (Å²) in [6, 6.07) is 7.29. The minimum atomic E-state index is -0.800. The zero-order chi connectivity index (χ0) is 26.9. The maximum Gasteiger partial charge on any atom is 0.412 e. The van der Waals surface area contributed by atoms with Gasteiger partial charge in [0.25, 0.3) is 0 Å². The predicted molar refractivity (Wildman–Crippen MR) is 137 cm³/mol. The molecule has 2 atom stereocenters. The van der Waals surface area contributed by atoms with E-state index in [0.29, 0.717) is 26.0 Å². The van der Waals surface area contributed by atoms with E-state index in [2.05, 4.69) is 5.32 Å². The number of nitrogens with zero attached hydrogens (tertiary/aromatic N) is 2. The molecule has 36 heavy (non-hydrogen) atoms. The minimum Gasteiger partial charge on any atom is -0.453 e. The molecule has 2 aliphatic rings. The number of benzene rings is 1. The summed E-state index contributed by atoms with van der Waals surface area (Å²) in [6.07, 6.45) is 0.529. The molecule has 1 unspecified atom stereocenters. The van der Waals surface area contributed by atoms with Crippen LogP contribution in [0, 0.1) is 5.41 Å². The quantitative estimate of drug-likeness (QED) is 0.636. The van der Waals surface area contributed by atoms with Gasteiger partial charge in [-0.3, -0.25) is 9.69 Å². The number of alkyl carbamates (subject to hydrolysis) is 1. The fourth-order valence-electron chi connectivity index (χ4n) is 5.08. The number of carbonyl (C=O) groups is 3. The van der Waals surface area contributed by atoms with Crippen molar-refractivity contribution in [2.45, 2.75) is 91.1 Å². The molecular formula is C27H41N3O6. The third kappa shape index (κ3) is 6.69. The standard InChI is InChI=1S/C27H41N3O6/c1-25(2,3)36-24(33)30-20(17-35-27(30,6)7)14-26(4,5)15-22(31)29-16-19(28-23(32)34-8)13-18-11-9-10-12-21(18)29/h9-12,19-20H,13-17H2,1-8H3,(H,28,32)/t19?,20-/m0/s1. The highest BCUT2D eigenvalue weighted by atomic mass is 16.6. The maximum atomic E-state index is 13.6. The lowest BCUT2D eigenvalue weighted by Gasteiger charge is -2.39. The molecule has 1 saturated heterocycles. The number of rotatable bonds is 5. The monoisotopic (exact) mass is 503 g/mol. The van der Waals surface area contributed by atoms with Gasteiger partial charge in [0.2, 0.25) is 5.91 Å². The molecule has 1 aromatic rings. The lowest BCUT2D eigenvalue weighted by Crippen LogP contribution is -2.52. The molecule has 2 aliphatic heterocycles. The number of amides is 3. The fourth-order valence-corrected chi connectivity index (χ4v) is 5.08. The fraction of sp³-hybridized carbons (Fsp3) is 0.667. The number of nitrogens with one attached hydrogen (secondary N) is 1. The van der Waals surface area contributed by atoms with Crippen molar-refractivity contribution in [1.82, 2.24) is 10.2 Å². The average Bonchev–Trinajstić information content (AvgIpc) is 3.04. The van der Waals surface area contributed by atoms with E-state index in [-0.39, 0.29) is 24.4 Å². The van der Waals surface area contributed by atoms with E-state index in [1.165, 1.54) is 7.11 Å². The first kappa shape index (κ1) is 27.8. The van der Waals surface area contributed by atoms with E-state index >= 15 is 0 Å². The van der Waals surface area contributed by atoms with Crippen LogP contribution in [0.4, 0.5) is 15.3 Å². The van der Waals surface area contributed by atoms with Crippen LogP contribution in [-0.2, 0) is 25.4 Å². The summed E-state index contributed by atoms with van der Waals surface area (Å²) < 4.78 is 16.4. The smallest absolute Gasteiger partial charge is 0.412 e. The molecule has 1 aromatic carbocycles. The molecular weight excluding hydrogens is 462 g/mol. The Labute approximate surface area is 214 Å². The molecule has 1 fully saturated rings. The summed E-state index contributed by atoms with van der Waals surface area (Å²) in [4.78, 5) is 41.9. The number of methoxy groups -OCH3 is 1. The Morgan fingerprint density at radius 2 is 1.81 bits per heavy atom. The van der Waals surface area contributed by atoms with Crippen molar-refractivity contribution in [2.24, 2.45) is 5.41 Å². The second-order valence-electron chi connectivity index (χ2n) is 12.0. The summed E-state index contributed by atoms with van der Waals surface area (Å²) >= 11 is 0. The highest BCUT2D eigenvalue weighted by Gasteiger charge is 2.47. The van der Waals surface area contributed by atoms with Gasteiger partial charge in [0.15, 0.2) is 0 Å². The van der Waals surface area contributed by atoms with Gasteiger partial charge in [0, 0.05) is 18.7 Å². The van der Waals surface area contributed by atoms with E-state index in [1.807, 2.05) is 72.7 Å². The first-order chi connectivity index (χ1) is 16.6. The molecule has 0 aliphatic carbocycles. The summed E-state index contributed by atoms with van der Waals surface area (Å²) in [7, 11) is 1.33. The van der Waals surface area contributed by atoms with Crippen molar-refractivity contribution >= 4 is 23.8 Å². The Bertz CT molecular complexity index is 984. The SMILES string of the molecule is COC(=O)NC1Cc2ccccc2N(C(=O)CC(C)(C)C[C@H]2COC(C)(C)N2C(=O)OC(C)(C)C)C1. The van der Waals surface area contributed by atoms with Crippen molar-refractivity contribution in [3.05, 3.63) is 29.8 Å². The molecule has 1 N–H and O–H groups in total. The molecule has 9 heteroatoms. The largest absolute Gasteiger partial charge is 0.453 e. The molecule has 200 valence electrons. The number of hydrogen-bond acceptors (Lipinski definition) is 6. The van der Waals surface area contributed by atoms with Crippen molar-refractivity contribution in [2.75, 3.05) is 25.2 Å². The first-order valence-corrected chi connectivity index (χ1v) is 12.5. The molecule has 0 saturated carbocycles. The van der Waals surface area contributed by atoms with Crippen LogP contribution in [0.2, 0.25) is 0 Å². The van der Waals surface area contributed by atoms with Crippen LogP contribution in [0.1, 0.15) is 66.9 Å². The molecule has 0 spiro atoms. The first-order valence-electron chi connectivity index (χ1n) is 12.5. The van der Waals surface area contributed by atoms with Crippen LogP contribution in [0.15, 0.2) is 24.3 Å². The zero-order valence-corrected chi connectivity index (χ0v) is 22.8. The highest BCUT2D eigenvalue weighted by molar-refractivity contribution is 5.95. The highest BCUT2D eigenvalue weighted by Crippen LogP contribution is 2.38. The van der Waals surface area contributed by atoms with Gasteiger partial charge in [-0.05, 0) is 64.5 Å². The van der Waals surface area contributed by atoms with Crippen LogP contribution < -0.4 is 10.2 Å². The minimum absolute atomic E-state index is 0.0363. The van der Waals surface area contributed by atoms with Crippen LogP contribution in [0.5, 0.6) is 0 Å². The Hall–Kier alpha value is -2.81. The van der Waals surface area contributed by atoms with E-state index in [0.717, 1.165) is 11.3 Å². The molecule has 9 nitrogen and oxygen atoms in total. The summed E-state index contributed by atoms with van der Waals surface area (Å²) in [5.74, 6) is -0.0363. The topological polar surface area (TPSA) is 97.4 Å². The van der Waals surface area contributed by atoms with Gasteiger partial charge in [0.1, 0.15) is 11.3 Å². The lowest BCUT2D eigenvalue weighted by atomic mass is 9.81. The average molecular weight is 504 g/mol. The van der Waals surface area contributed by atoms with Crippen LogP contribution in [-0.4, -0.2) is 66.7 Å². The Balaban J connectivity index is 1.75. The van der Waals surface area contributed by atoms with Crippen LogP contribution >= 0.6 is 0 Å². The van der Waals surface area contributed by atoms with Gasteiger partial charge < -0.3 is 24.4 Å². The van der Waals surface area contributed by atoms with Gasteiger partial charge in [-0.1, -0.05) is 32.0 Å². The molecule has 2 heterocycles. The predicted octanol–water partition coefficient (Wildman–Crippen LogP) is 4.48. The number of para-hydroxylation sites is 1. The van der Waals surface area contributed by atoms with Crippen molar-refractivity contribution < 1.29 is 28.6 Å². The Morgan fingerprint density at radius 1 is 1.14 bits per heavy atom. The van der Waals surface area contributed by atoms with E-state index in [1.54, 1.807) is 9.80 Å². The number of anilines is 1. The number of hydrogen-bond donors (Lipinski definition) is 1. The van der Waals surface area contributed by atoms with Crippen LogP contribution in [0.25, 0.3) is 0 Å². The molecule has 0 aromatic heterocycles. The number of ether oxygens (including phenoxy) is 3. The van der Waals surface area contributed by atoms with E-state index < -0.39 is 28.9 Å². The van der Waals surface area contributed by atoms with Crippen molar-refractivity contribution in [3.63, 3.8) is 0 Å². The summed E-state index contributed by atoms with van der Waals surface area (Å²) in [5.41, 5.74) is 0.0115. The molecule has 3 amide bonds. The second kappa shape index (κ2) is 10.3. The van der Waals surface area contributed by atoms with Crippen LogP contribution in [0.3, 0.4) is 0 Å². The van der Waals surface area contributed by atoms with Gasteiger partial charge in [-0.15, -0.1) is 0 Å². The van der Waals surface area contributed by atoms with Gasteiger partial charge in [-0.25, -0.2) is 9.59 Å². The Morgan fingerprint density at radius 3 is 2.44 bits per heavy atom. The molecule has 0 bridgehead atoms. The van der Waals surface area contributed by atoms with Gasteiger partial charge >= 0.3 is 12.2 Å². The van der Waals surface area contributed by atoms with E-state index in [4.69, 9.17) is 14.2 Å². The van der Waals surface area contributed by atoms with Crippen molar-refractivity contribution in [1.29, 1.82) is 0 Å². The molecule has 3 rings (SSSR count). The maximum absolute atomic E-state index is 13.6. The summed E-state index contributed by atoms with van der Waals surface area (Å²) in [6.45, 7) is 14.0. The normalized spacial score (nSPS) is 21.6.